The Balaban J connectivity index is 1.13. The zero-order valence-electron chi connectivity index (χ0n) is 33.8. The Morgan fingerprint density at radius 2 is 0.557 bits per heavy atom. The molecule has 7 aromatic carbocycles. The summed E-state index contributed by atoms with van der Waals surface area (Å²) in [6, 6.07) is 74.9. The first-order valence-corrected chi connectivity index (χ1v) is 20.7. The van der Waals surface area contributed by atoms with Gasteiger partial charge in [0.05, 0.1) is 17.1 Å². The van der Waals surface area contributed by atoms with Gasteiger partial charge in [-0.25, -0.2) is 0 Å². The summed E-state index contributed by atoms with van der Waals surface area (Å²) >= 11 is 0. The molecule has 0 spiro atoms. The number of nitrogens with zero attached hydrogens (tertiary/aromatic N) is 3. The predicted octanol–water partition coefficient (Wildman–Crippen LogP) is 15.2. The van der Waals surface area contributed by atoms with E-state index in [0.717, 1.165) is 101 Å². The van der Waals surface area contributed by atoms with E-state index < -0.39 is 0 Å². The van der Waals surface area contributed by atoms with Crippen molar-refractivity contribution in [1.29, 1.82) is 0 Å². The predicted molar refractivity (Wildman–Crippen MR) is 253 cm³/mol. The molecule has 0 radical (unpaired) electrons. The molecule has 0 saturated heterocycles. The molecule has 0 fully saturated rings. The Kier molecular flexibility index (Phi) is 10.2. The van der Waals surface area contributed by atoms with E-state index in [-0.39, 0.29) is 0 Å². The van der Waals surface area contributed by atoms with Crippen LogP contribution in [0.1, 0.15) is 5.56 Å². The maximum absolute atomic E-state index is 4.98. The van der Waals surface area contributed by atoms with Crippen LogP contribution in [0.4, 0.5) is 0 Å². The lowest BCUT2D eigenvalue weighted by Crippen LogP contribution is -1.94. The molecule has 3 heterocycles. The van der Waals surface area contributed by atoms with E-state index in [4.69, 9.17) is 15.0 Å². The summed E-state index contributed by atoms with van der Waals surface area (Å²) < 4.78 is 0. The lowest BCUT2D eigenvalue weighted by atomic mass is 9.86. The summed E-state index contributed by atoms with van der Waals surface area (Å²) in [5.74, 6) is 0. The van der Waals surface area contributed by atoms with Crippen molar-refractivity contribution in [1.82, 2.24) is 15.0 Å². The molecule has 0 saturated carbocycles. The first-order chi connectivity index (χ1) is 30.2. The minimum absolute atomic E-state index is 0.951. The van der Waals surface area contributed by atoms with E-state index in [9.17, 15) is 0 Å². The molecule has 288 valence electrons. The minimum Gasteiger partial charge on any atom is -0.256 e. The number of benzene rings is 7. The molecular weight excluding hydrogens is 739 g/mol. The molecule has 0 atom stereocenters. The van der Waals surface area contributed by atoms with E-state index in [1.165, 1.54) is 5.56 Å². The zero-order chi connectivity index (χ0) is 41.0. The topological polar surface area (TPSA) is 38.7 Å². The molecule has 0 aliphatic carbocycles. The molecule has 10 aromatic rings. The van der Waals surface area contributed by atoms with Gasteiger partial charge in [0.2, 0.25) is 0 Å². The lowest BCUT2D eigenvalue weighted by molar-refractivity contribution is 1.29. The highest BCUT2D eigenvalue weighted by atomic mass is 14.7. The number of hydrogen-bond donors (Lipinski definition) is 0. The average Bonchev–Trinajstić information content (AvgIpc) is 3.35. The maximum Gasteiger partial charge on any atom is 0.0705 e. The zero-order valence-corrected chi connectivity index (χ0v) is 33.8. The Bertz CT molecular complexity index is 2960. The fourth-order valence-corrected chi connectivity index (χ4v) is 8.31. The van der Waals surface area contributed by atoms with Gasteiger partial charge in [-0.2, -0.15) is 0 Å². The van der Waals surface area contributed by atoms with Gasteiger partial charge in [-0.1, -0.05) is 176 Å². The summed E-state index contributed by atoms with van der Waals surface area (Å²) in [6.45, 7) is 2.18. The van der Waals surface area contributed by atoms with Gasteiger partial charge < -0.3 is 0 Å². The van der Waals surface area contributed by atoms with Crippen molar-refractivity contribution >= 4 is 0 Å². The van der Waals surface area contributed by atoms with Crippen LogP contribution in [0.3, 0.4) is 0 Å². The fourth-order valence-electron chi connectivity index (χ4n) is 8.31. The van der Waals surface area contributed by atoms with Crippen molar-refractivity contribution in [2.75, 3.05) is 0 Å². The van der Waals surface area contributed by atoms with Crippen molar-refractivity contribution in [2.24, 2.45) is 0 Å². The van der Waals surface area contributed by atoms with Crippen molar-refractivity contribution < 1.29 is 0 Å². The van der Waals surface area contributed by atoms with Crippen molar-refractivity contribution in [2.45, 2.75) is 6.92 Å². The van der Waals surface area contributed by atoms with Crippen molar-refractivity contribution in [3.05, 3.63) is 236 Å². The van der Waals surface area contributed by atoms with Gasteiger partial charge in [0.15, 0.2) is 0 Å². The Hall–Kier alpha value is -8.01. The molecule has 3 heteroatoms. The molecule has 0 aliphatic heterocycles. The second kappa shape index (κ2) is 16.7. The molecule has 3 aromatic heterocycles. The van der Waals surface area contributed by atoms with Gasteiger partial charge in [0.25, 0.3) is 0 Å². The number of aromatic nitrogens is 3. The Morgan fingerprint density at radius 3 is 0.934 bits per heavy atom. The van der Waals surface area contributed by atoms with Gasteiger partial charge in [0, 0.05) is 52.0 Å². The van der Waals surface area contributed by atoms with Crippen LogP contribution in [0.15, 0.2) is 231 Å². The molecule has 0 aliphatic rings. The quantitative estimate of drug-likeness (QED) is 0.146. The minimum atomic E-state index is 0.951. The standard InChI is InChI=1S/C58H41N3/c1-40-33-58(43-21-9-4-10-22-43)61-39-55(40)54-28-16-15-27-53(54)48-35-46(51-25-13-11-23-49(51)44-29-31-56(59-37-44)41-17-5-2-6-18-41)34-47(36-48)52-26-14-12-24-50(52)45-30-32-57(60-38-45)42-19-7-3-8-20-42/h2-39H,1H3. The Morgan fingerprint density at radius 1 is 0.230 bits per heavy atom. The summed E-state index contributed by atoms with van der Waals surface area (Å²) in [4.78, 5) is 14.8. The Labute approximate surface area is 357 Å². The smallest absolute Gasteiger partial charge is 0.0705 e. The highest BCUT2D eigenvalue weighted by Crippen LogP contribution is 2.43. The van der Waals surface area contributed by atoms with Crippen LogP contribution in [-0.2, 0) is 0 Å². The van der Waals surface area contributed by atoms with Gasteiger partial charge >= 0.3 is 0 Å². The third kappa shape index (κ3) is 7.69. The third-order valence-corrected chi connectivity index (χ3v) is 11.4. The first-order valence-electron chi connectivity index (χ1n) is 20.7. The number of hydrogen-bond acceptors (Lipinski definition) is 3. The highest BCUT2D eigenvalue weighted by molar-refractivity contribution is 5.94. The maximum atomic E-state index is 4.98. The highest BCUT2D eigenvalue weighted by Gasteiger charge is 2.18. The van der Waals surface area contributed by atoms with Crippen molar-refractivity contribution in [3.8, 4) is 101 Å². The van der Waals surface area contributed by atoms with E-state index in [0.29, 0.717) is 0 Å². The van der Waals surface area contributed by atoms with Crippen LogP contribution >= 0.6 is 0 Å². The summed E-state index contributed by atoms with van der Waals surface area (Å²) in [6.07, 6.45) is 6.03. The SMILES string of the molecule is Cc1cc(-c2ccccc2)ncc1-c1ccccc1-c1cc(-c2ccccc2-c2ccc(-c3ccccc3)nc2)cc(-c2ccccc2-c2ccc(-c3ccccc3)nc2)c1. The van der Waals surface area contributed by atoms with E-state index in [1.54, 1.807) is 0 Å². The van der Waals surface area contributed by atoms with Gasteiger partial charge in [-0.05, 0) is 99.0 Å². The van der Waals surface area contributed by atoms with Gasteiger partial charge in [-0.15, -0.1) is 0 Å². The van der Waals surface area contributed by atoms with E-state index >= 15 is 0 Å². The number of pyridine rings is 3. The summed E-state index contributed by atoms with van der Waals surface area (Å²) in [7, 11) is 0. The lowest BCUT2D eigenvalue weighted by Gasteiger charge is -2.18. The molecule has 0 bridgehead atoms. The molecule has 0 N–H and O–H groups in total. The molecule has 61 heavy (non-hydrogen) atoms. The van der Waals surface area contributed by atoms with Crippen LogP contribution in [0.25, 0.3) is 101 Å². The number of aryl methyl sites for hydroxylation is 1. The van der Waals surface area contributed by atoms with Crippen LogP contribution in [0, 0.1) is 6.92 Å². The molecular formula is C58H41N3. The van der Waals surface area contributed by atoms with E-state index in [1.807, 2.05) is 36.8 Å². The largest absolute Gasteiger partial charge is 0.256 e. The number of rotatable bonds is 9. The molecule has 10 rings (SSSR count). The molecule has 0 unspecified atom stereocenters. The van der Waals surface area contributed by atoms with Crippen LogP contribution < -0.4 is 0 Å². The second-order valence-corrected chi connectivity index (χ2v) is 15.3. The van der Waals surface area contributed by atoms with Crippen LogP contribution in [0.2, 0.25) is 0 Å². The normalized spacial score (nSPS) is 11.0. The summed E-state index contributed by atoms with van der Waals surface area (Å²) in [5.41, 5.74) is 20.7. The van der Waals surface area contributed by atoms with Gasteiger partial charge in [-0.3, -0.25) is 15.0 Å². The average molecular weight is 780 g/mol. The van der Waals surface area contributed by atoms with Crippen molar-refractivity contribution in [3.63, 3.8) is 0 Å². The van der Waals surface area contributed by atoms with Crippen LogP contribution in [-0.4, -0.2) is 15.0 Å². The molecule has 3 nitrogen and oxygen atoms in total. The first kappa shape index (κ1) is 37.3. The monoisotopic (exact) mass is 779 g/mol. The second-order valence-electron chi connectivity index (χ2n) is 15.3. The molecule has 0 amide bonds. The fraction of sp³-hybridized carbons (Fsp3) is 0.0172. The summed E-state index contributed by atoms with van der Waals surface area (Å²) in [5, 5.41) is 0. The van der Waals surface area contributed by atoms with Gasteiger partial charge in [0.1, 0.15) is 0 Å². The van der Waals surface area contributed by atoms with E-state index in [2.05, 4.69) is 201 Å². The third-order valence-electron chi connectivity index (χ3n) is 11.4. The van der Waals surface area contributed by atoms with Crippen LogP contribution in [0.5, 0.6) is 0 Å².